The Kier molecular flexibility index (Phi) is 5.40. The molecule has 0 amide bonds. The van der Waals surface area contributed by atoms with Crippen LogP contribution in [0.2, 0.25) is 0 Å². The third-order valence-corrected chi connectivity index (χ3v) is 3.82. The second-order valence-corrected chi connectivity index (χ2v) is 5.97. The van der Waals surface area contributed by atoms with Crippen LogP contribution in [0.4, 0.5) is 0 Å². The van der Waals surface area contributed by atoms with E-state index in [0.29, 0.717) is 0 Å². The number of nitrogens with one attached hydrogen (secondary N) is 1. The first-order valence-electron chi connectivity index (χ1n) is 5.61. The number of sulfonamides is 1. The van der Waals surface area contributed by atoms with E-state index in [1.165, 1.54) is 6.92 Å². The van der Waals surface area contributed by atoms with Crippen molar-refractivity contribution >= 4 is 16.0 Å². The topological polar surface area (TPSA) is 117 Å². The normalized spacial score (nSPS) is 14.8. The summed E-state index contributed by atoms with van der Waals surface area (Å²) in [5.74, 6) is -1.67. The highest BCUT2D eigenvalue weighted by molar-refractivity contribution is 7.89. The van der Waals surface area contributed by atoms with E-state index in [2.05, 4.69) is 4.98 Å². The summed E-state index contributed by atoms with van der Waals surface area (Å²) in [5, 5.41) is 18.0. The molecule has 0 spiro atoms. The lowest BCUT2D eigenvalue weighted by Crippen LogP contribution is -2.48. The lowest BCUT2D eigenvalue weighted by atomic mass is 10.2. The number of aryl methyl sites for hydroxylation is 1. The van der Waals surface area contributed by atoms with E-state index >= 15 is 0 Å². The van der Waals surface area contributed by atoms with Crippen LogP contribution in [-0.2, 0) is 21.2 Å². The minimum absolute atomic E-state index is 0.240. The van der Waals surface area contributed by atoms with Gasteiger partial charge in [0.05, 0.1) is 11.9 Å². The summed E-state index contributed by atoms with van der Waals surface area (Å²) >= 11 is 0. The molecule has 1 aromatic rings. The van der Waals surface area contributed by atoms with Crippen molar-refractivity contribution in [2.24, 2.45) is 0 Å². The molecule has 0 saturated heterocycles. The number of hydrogen-bond acceptors (Lipinski definition) is 5. The number of aliphatic hydroxyl groups is 1. The Morgan fingerprint density at radius 3 is 2.47 bits per heavy atom. The monoisotopic (exact) mass is 288 g/mol. The Bertz CT molecular complexity index is 515. The van der Waals surface area contributed by atoms with Gasteiger partial charge in [0.25, 0.3) is 0 Å². The molecule has 0 aliphatic heterocycles. The number of aliphatic hydroxyl groups excluding tert-OH is 1. The maximum absolute atomic E-state index is 11.7. The molecule has 106 valence electrons. The van der Waals surface area contributed by atoms with Crippen molar-refractivity contribution in [1.82, 2.24) is 9.71 Å². The summed E-state index contributed by atoms with van der Waals surface area (Å²) in [6.45, 7) is 1.21. The van der Waals surface area contributed by atoms with Crippen molar-refractivity contribution in [2.45, 2.75) is 25.5 Å². The average Bonchev–Trinajstić information content (AvgIpc) is 2.34. The molecule has 2 atom stereocenters. The molecular weight excluding hydrogens is 272 g/mol. The number of carboxylic acid groups (broad SMARTS) is 1. The summed E-state index contributed by atoms with van der Waals surface area (Å²) in [5.41, 5.74) is 0.782. The number of carboxylic acids is 1. The van der Waals surface area contributed by atoms with Crippen molar-refractivity contribution in [1.29, 1.82) is 0 Å². The van der Waals surface area contributed by atoms with Gasteiger partial charge >= 0.3 is 5.97 Å². The molecule has 0 saturated carbocycles. The van der Waals surface area contributed by atoms with Crippen LogP contribution in [0.15, 0.2) is 24.5 Å². The first-order valence-corrected chi connectivity index (χ1v) is 7.27. The van der Waals surface area contributed by atoms with Gasteiger partial charge in [0.1, 0.15) is 6.04 Å². The van der Waals surface area contributed by atoms with Gasteiger partial charge in [0.2, 0.25) is 10.0 Å². The standard InChI is InChI=1S/C11H16N2O5S/c1-8(14)10(11(15)16)13-19(17,18)7-4-9-2-5-12-6-3-9/h2-3,5-6,8,10,13-14H,4,7H2,1H3,(H,15,16). The molecule has 8 heteroatoms. The summed E-state index contributed by atoms with van der Waals surface area (Å²) < 4.78 is 25.4. The quantitative estimate of drug-likeness (QED) is 0.615. The summed E-state index contributed by atoms with van der Waals surface area (Å²) in [4.78, 5) is 14.6. The summed E-state index contributed by atoms with van der Waals surface area (Å²) in [6.07, 6.45) is 2.02. The van der Waals surface area contributed by atoms with Crippen molar-refractivity contribution in [3.63, 3.8) is 0 Å². The van der Waals surface area contributed by atoms with Crippen molar-refractivity contribution in [3.8, 4) is 0 Å². The molecule has 0 aromatic carbocycles. The van der Waals surface area contributed by atoms with Crippen LogP contribution in [0.3, 0.4) is 0 Å². The fraction of sp³-hybridized carbons (Fsp3) is 0.455. The summed E-state index contributed by atoms with van der Waals surface area (Å²) in [6, 6.07) is 1.82. The van der Waals surface area contributed by atoms with Gasteiger partial charge in [-0.2, -0.15) is 4.72 Å². The molecule has 2 unspecified atom stereocenters. The number of nitrogens with zero attached hydrogens (tertiary/aromatic N) is 1. The van der Waals surface area contributed by atoms with E-state index in [1.807, 2.05) is 4.72 Å². The zero-order valence-corrected chi connectivity index (χ0v) is 11.2. The third kappa shape index (κ3) is 5.33. The SMILES string of the molecule is CC(O)C(NS(=O)(=O)CCc1ccncc1)C(=O)O. The van der Waals surface area contributed by atoms with E-state index in [-0.39, 0.29) is 12.2 Å². The molecule has 0 aliphatic rings. The molecule has 1 heterocycles. The van der Waals surface area contributed by atoms with Crippen molar-refractivity contribution in [3.05, 3.63) is 30.1 Å². The van der Waals surface area contributed by atoms with E-state index < -0.39 is 28.1 Å². The van der Waals surface area contributed by atoms with Crippen LogP contribution < -0.4 is 4.72 Å². The van der Waals surface area contributed by atoms with Crippen LogP contribution in [-0.4, -0.2) is 47.5 Å². The number of rotatable bonds is 7. The molecule has 0 radical (unpaired) electrons. The number of aromatic nitrogens is 1. The van der Waals surface area contributed by atoms with Gasteiger partial charge < -0.3 is 10.2 Å². The maximum Gasteiger partial charge on any atom is 0.324 e. The fourth-order valence-electron chi connectivity index (χ4n) is 1.41. The number of aliphatic carboxylic acids is 1. The summed E-state index contributed by atoms with van der Waals surface area (Å²) in [7, 11) is -3.78. The zero-order valence-electron chi connectivity index (χ0n) is 10.4. The smallest absolute Gasteiger partial charge is 0.324 e. The zero-order chi connectivity index (χ0) is 14.5. The molecule has 7 nitrogen and oxygen atoms in total. The van der Waals surface area contributed by atoms with Crippen LogP contribution in [0.1, 0.15) is 12.5 Å². The van der Waals surface area contributed by atoms with E-state index in [0.717, 1.165) is 5.56 Å². The van der Waals surface area contributed by atoms with Gasteiger partial charge in [-0.05, 0) is 31.0 Å². The third-order valence-electron chi connectivity index (χ3n) is 2.46. The Morgan fingerprint density at radius 1 is 1.42 bits per heavy atom. The number of hydrogen-bond donors (Lipinski definition) is 3. The van der Waals surface area contributed by atoms with E-state index in [4.69, 9.17) is 5.11 Å². The molecular formula is C11H16N2O5S. The highest BCUT2D eigenvalue weighted by Crippen LogP contribution is 2.02. The lowest BCUT2D eigenvalue weighted by Gasteiger charge is -2.17. The van der Waals surface area contributed by atoms with Crippen LogP contribution >= 0.6 is 0 Å². The molecule has 19 heavy (non-hydrogen) atoms. The molecule has 1 rings (SSSR count). The van der Waals surface area contributed by atoms with Gasteiger partial charge in [-0.1, -0.05) is 0 Å². The largest absolute Gasteiger partial charge is 0.480 e. The maximum atomic E-state index is 11.7. The van der Waals surface area contributed by atoms with Crippen LogP contribution in [0, 0.1) is 0 Å². The highest BCUT2D eigenvalue weighted by atomic mass is 32.2. The first-order chi connectivity index (χ1) is 8.82. The van der Waals surface area contributed by atoms with Gasteiger partial charge in [-0.15, -0.1) is 0 Å². The molecule has 0 bridgehead atoms. The van der Waals surface area contributed by atoms with Crippen LogP contribution in [0.25, 0.3) is 0 Å². The molecule has 0 fully saturated rings. The average molecular weight is 288 g/mol. The Balaban J connectivity index is 2.64. The van der Waals surface area contributed by atoms with Gasteiger partial charge in [0.15, 0.2) is 0 Å². The Hall–Kier alpha value is -1.51. The minimum atomic E-state index is -3.78. The van der Waals surface area contributed by atoms with E-state index in [9.17, 15) is 18.3 Å². The second-order valence-electron chi connectivity index (χ2n) is 4.10. The Labute approximate surface area is 111 Å². The second kappa shape index (κ2) is 6.60. The molecule has 0 aliphatic carbocycles. The lowest BCUT2D eigenvalue weighted by molar-refractivity contribution is -0.141. The number of carbonyl (C=O) groups is 1. The number of pyridine rings is 1. The fourth-order valence-corrected chi connectivity index (χ4v) is 2.72. The van der Waals surface area contributed by atoms with Crippen molar-refractivity contribution in [2.75, 3.05) is 5.75 Å². The highest BCUT2D eigenvalue weighted by Gasteiger charge is 2.27. The predicted octanol–water partition coefficient (Wildman–Crippen LogP) is -0.623. The van der Waals surface area contributed by atoms with Gasteiger partial charge in [-0.3, -0.25) is 9.78 Å². The minimum Gasteiger partial charge on any atom is -0.480 e. The molecule has 1 aromatic heterocycles. The van der Waals surface area contributed by atoms with E-state index in [1.54, 1.807) is 24.5 Å². The van der Waals surface area contributed by atoms with Crippen molar-refractivity contribution < 1.29 is 23.4 Å². The predicted molar refractivity (Wildman–Crippen MR) is 68.0 cm³/mol. The van der Waals surface area contributed by atoms with Gasteiger partial charge in [0, 0.05) is 12.4 Å². The van der Waals surface area contributed by atoms with Crippen LogP contribution in [0.5, 0.6) is 0 Å². The first kappa shape index (κ1) is 15.5. The Morgan fingerprint density at radius 2 is 2.00 bits per heavy atom. The van der Waals surface area contributed by atoms with Gasteiger partial charge in [-0.25, -0.2) is 8.42 Å². The molecule has 3 N–H and O–H groups in total.